The van der Waals surface area contributed by atoms with Gasteiger partial charge in [-0.05, 0) is 47.7 Å². The molecule has 2 amide bonds. The number of anilines is 1. The molecule has 0 atom stereocenters. The number of rotatable bonds is 5. The number of carbonyl (C=O) groups excluding carboxylic acids is 2. The molecule has 0 radical (unpaired) electrons. The van der Waals surface area contributed by atoms with E-state index in [0.717, 1.165) is 0 Å². The minimum Gasteiger partial charge on any atom is -0.484 e. The highest BCUT2D eigenvalue weighted by molar-refractivity contribution is 5.98. The number of hydrogen-bond donors (Lipinski definition) is 2. The van der Waals surface area contributed by atoms with Crippen LogP contribution in [0.2, 0.25) is 0 Å². The Kier molecular flexibility index (Phi) is 5.47. The van der Waals surface area contributed by atoms with Crippen LogP contribution >= 0.6 is 0 Å². The number of nitrogens with two attached hydrogens (primary N) is 1. The van der Waals surface area contributed by atoms with Gasteiger partial charge in [-0.1, -0.05) is 39.0 Å². The van der Waals surface area contributed by atoms with Crippen molar-refractivity contribution in [3.05, 3.63) is 59.2 Å². The summed E-state index contributed by atoms with van der Waals surface area (Å²) >= 11 is 0. The number of amides is 2. The predicted octanol–water partition coefficient (Wildman–Crippen LogP) is 3.41. The van der Waals surface area contributed by atoms with Crippen LogP contribution in [0.25, 0.3) is 0 Å². The molecule has 5 heteroatoms. The maximum Gasteiger partial charge on any atom is 0.262 e. The van der Waals surface area contributed by atoms with Crippen LogP contribution in [-0.2, 0) is 10.2 Å². The number of carbonyl (C=O) groups is 2. The van der Waals surface area contributed by atoms with E-state index in [9.17, 15) is 9.59 Å². The van der Waals surface area contributed by atoms with E-state index in [0.29, 0.717) is 22.6 Å². The summed E-state index contributed by atoms with van der Waals surface area (Å²) in [7, 11) is 0. The maximum absolute atomic E-state index is 12.1. The Morgan fingerprint density at radius 1 is 1.08 bits per heavy atom. The second-order valence-electron chi connectivity index (χ2n) is 6.95. The van der Waals surface area contributed by atoms with Crippen LogP contribution in [0.3, 0.4) is 0 Å². The van der Waals surface area contributed by atoms with E-state index in [1.54, 1.807) is 25.1 Å². The second kappa shape index (κ2) is 7.38. The number of primary amides is 1. The quantitative estimate of drug-likeness (QED) is 0.875. The van der Waals surface area contributed by atoms with Gasteiger partial charge in [0.05, 0.1) is 0 Å². The van der Waals surface area contributed by atoms with Crippen molar-refractivity contribution in [3.8, 4) is 5.75 Å². The van der Waals surface area contributed by atoms with Crippen molar-refractivity contribution in [2.24, 2.45) is 5.73 Å². The Balaban J connectivity index is 1.97. The number of hydrogen-bond acceptors (Lipinski definition) is 3. The van der Waals surface area contributed by atoms with Crippen LogP contribution in [0.1, 0.15) is 42.3 Å². The van der Waals surface area contributed by atoms with Gasteiger partial charge < -0.3 is 15.8 Å². The zero-order chi connectivity index (χ0) is 18.6. The van der Waals surface area contributed by atoms with Gasteiger partial charge in [-0.2, -0.15) is 0 Å². The Morgan fingerprint density at radius 3 is 2.28 bits per heavy atom. The van der Waals surface area contributed by atoms with Crippen molar-refractivity contribution in [3.63, 3.8) is 0 Å². The summed E-state index contributed by atoms with van der Waals surface area (Å²) in [5, 5.41) is 2.74. The average Bonchev–Trinajstić information content (AvgIpc) is 2.54. The molecule has 0 aliphatic heterocycles. The summed E-state index contributed by atoms with van der Waals surface area (Å²) in [6, 6.07) is 12.7. The molecule has 0 unspecified atom stereocenters. The average molecular weight is 340 g/mol. The van der Waals surface area contributed by atoms with Gasteiger partial charge in [0.1, 0.15) is 5.75 Å². The van der Waals surface area contributed by atoms with Gasteiger partial charge >= 0.3 is 0 Å². The lowest BCUT2D eigenvalue weighted by Gasteiger charge is -2.19. The number of benzene rings is 2. The zero-order valence-electron chi connectivity index (χ0n) is 15.1. The summed E-state index contributed by atoms with van der Waals surface area (Å²) in [6.45, 7) is 8.04. The molecule has 2 rings (SSSR count). The third-order valence-electron chi connectivity index (χ3n) is 3.96. The van der Waals surface area contributed by atoms with Gasteiger partial charge in [0, 0.05) is 11.3 Å². The fourth-order valence-electron chi connectivity index (χ4n) is 2.42. The van der Waals surface area contributed by atoms with Crippen LogP contribution in [-0.4, -0.2) is 18.4 Å². The van der Waals surface area contributed by atoms with Crippen molar-refractivity contribution in [2.45, 2.75) is 33.1 Å². The smallest absolute Gasteiger partial charge is 0.262 e. The summed E-state index contributed by atoms with van der Waals surface area (Å²) in [6.07, 6.45) is 0. The van der Waals surface area contributed by atoms with Crippen molar-refractivity contribution in [1.82, 2.24) is 0 Å². The highest BCUT2D eigenvalue weighted by Gasteiger charge is 2.14. The number of ether oxygens (including phenoxy) is 1. The van der Waals surface area contributed by atoms with Crippen LogP contribution in [0, 0.1) is 6.92 Å². The van der Waals surface area contributed by atoms with Crippen molar-refractivity contribution in [1.29, 1.82) is 0 Å². The first-order valence-corrected chi connectivity index (χ1v) is 8.11. The Morgan fingerprint density at radius 2 is 1.72 bits per heavy atom. The summed E-state index contributed by atoms with van der Waals surface area (Å²) in [4.78, 5) is 23.4. The minimum atomic E-state index is -0.524. The van der Waals surface area contributed by atoms with Gasteiger partial charge in [0.2, 0.25) is 5.91 Å². The molecule has 25 heavy (non-hydrogen) atoms. The SMILES string of the molecule is Cc1c(NC(=O)COc2ccc(C(C)(C)C)cc2)cccc1C(N)=O. The molecular formula is C20H24N2O3. The second-order valence-corrected chi connectivity index (χ2v) is 6.95. The Hall–Kier alpha value is -2.82. The molecule has 132 valence electrons. The monoisotopic (exact) mass is 340 g/mol. The molecule has 0 aromatic heterocycles. The van der Waals surface area contributed by atoms with Gasteiger partial charge in [-0.25, -0.2) is 0 Å². The first-order chi connectivity index (χ1) is 11.7. The van der Waals surface area contributed by atoms with E-state index in [-0.39, 0.29) is 17.9 Å². The van der Waals surface area contributed by atoms with Crippen LogP contribution in [0.5, 0.6) is 5.75 Å². The van der Waals surface area contributed by atoms with Crippen LogP contribution in [0.15, 0.2) is 42.5 Å². The van der Waals surface area contributed by atoms with E-state index < -0.39 is 5.91 Å². The molecule has 0 spiro atoms. The fourth-order valence-corrected chi connectivity index (χ4v) is 2.42. The van der Waals surface area contributed by atoms with Gasteiger partial charge in [0.15, 0.2) is 6.61 Å². The van der Waals surface area contributed by atoms with Gasteiger partial charge in [0.25, 0.3) is 5.91 Å². The molecule has 2 aromatic carbocycles. The van der Waals surface area contributed by atoms with E-state index in [1.165, 1.54) is 5.56 Å². The maximum atomic E-state index is 12.1. The van der Waals surface area contributed by atoms with E-state index in [2.05, 4.69) is 26.1 Å². The fraction of sp³-hybridized carbons (Fsp3) is 0.300. The topological polar surface area (TPSA) is 81.4 Å². The minimum absolute atomic E-state index is 0.0683. The molecule has 0 fully saturated rings. The molecule has 3 N–H and O–H groups in total. The van der Waals surface area contributed by atoms with E-state index >= 15 is 0 Å². The Bertz CT molecular complexity index is 775. The third kappa shape index (κ3) is 4.83. The summed E-state index contributed by atoms with van der Waals surface area (Å²) in [5.41, 5.74) is 8.15. The molecule has 0 aliphatic carbocycles. The standard InChI is InChI=1S/C20H24N2O3/c1-13-16(19(21)24)6-5-7-17(13)22-18(23)12-25-15-10-8-14(9-11-15)20(2,3)4/h5-11H,12H2,1-4H3,(H2,21,24)(H,22,23). The lowest BCUT2D eigenvalue weighted by Crippen LogP contribution is -2.22. The molecule has 0 saturated heterocycles. The largest absolute Gasteiger partial charge is 0.484 e. The van der Waals surface area contributed by atoms with E-state index in [4.69, 9.17) is 10.5 Å². The normalized spacial score (nSPS) is 11.0. The molecule has 0 aliphatic rings. The highest BCUT2D eigenvalue weighted by Crippen LogP contribution is 2.24. The Labute approximate surface area is 148 Å². The molecular weight excluding hydrogens is 316 g/mol. The van der Waals surface area contributed by atoms with Gasteiger partial charge in [-0.3, -0.25) is 9.59 Å². The summed E-state index contributed by atoms with van der Waals surface area (Å²) < 4.78 is 5.52. The number of nitrogens with one attached hydrogen (secondary N) is 1. The molecule has 2 aromatic rings. The lowest BCUT2D eigenvalue weighted by atomic mass is 9.87. The van der Waals surface area contributed by atoms with Crippen molar-refractivity contribution < 1.29 is 14.3 Å². The highest BCUT2D eigenvalue weighted by atomic mass is 16.5. The third-order valence-corrected chi connectivity index (χ3v) is 3.96. The zero-order valence-corrected chi connectivity index (χ0v) is 15.1. The van der Waals surface area contributed by atoms with Crippen molar-refractivity contribution >= 4 is 17.5 Å². The first-order valence-electron chi connectivity index (χ1n) is 8.11. The molecule has 0 bridgehead atoms. The summed E-state index contributed by atoms with van der Waals surface area (Å²) in [5.74, 6) is -0.195. The van der Waals surface area contributed by atoms with Crippen LogP contribution < -0.4 is 15.8 Å². The van der Waals surface area contributed by atoms with Crippen LogP contribution in [0.4, 0.5) is 5.69 Å². The van der Waals surface area contributed by atoms with E-state index in [1.807, 2.05) is 24.3 Å². The molecule has 0 saturated carbocycles. The predicted molar refractivity (Wildman–Crippen MR) is 99.0 cm³/mol. The molecule has 0 heterocycles. The van der Waals surface area contributed by atoms with Gasteiger partial charge in [-0.15, -0.1) is 0 Å². The van der Waals surface area contributed by atoms with Crippen molar-refractivity contribution in [2.75, 3.05) is 11.9 Å². The lowest BCUT2D eigenvalue weighted by molar-refractivity contribution is -0.118. The molecule has 5 nitrogen and oxygen atoms in total. The first kappa shape index (κ1) is 18.5.